The average molecular weight is 159 g/mol. The zero-order valence-electron chi connectivity index (χ0n) is 6.15. The molecule has 0 fully saturated rings. The van der Waals surface area contributed by atoms with E-state index in [0.717, 1.165) is 22.1 Å². The molecule has 2 heterocycles. The van der Waals surface area contributed by atoms with Gasteiger partial charge in [-0.25, -0.2) is 0 Å². The largest absolute Gasteiger partial charge is 0.472 e. The zero-order chi connectivity index (χ0) is 7.97. The highest BCUT2D eigenvalue weighted by Gasteiger charge is 2.12. The summed E-state index contributed by atoms with van der Waals surface area (Å²) in [6.07, 6.45) is 5.03. The van der Waals surface area contributed by atoms with Crippen LogP contribution in [0.5, 0.6) is 0 Å². The van der Waals surface area contributed by atoms with Crippen LogP contribution in [-0.2, 0) is 0 Å². The van der Waals surface area contributed by atoms with Crippen LogP contribution in [0.4, 0.5) is 0 Å². The number of fused-ring (bicyclic) bond motifs is 3. The van der Waals surface area contributed by atoms with E-state index in [2.05, 4.69) is 5.16 Å². The van der Waals surface area contributed by atoms with Crippen LogP contribution in [0.1, 0.15) is 0 Å². The fourth-order valence-electron chi connectivity index (χ4n) is 1.42. The molecular formula is C9H5NO2. The van der Waals surface area contributed by atoms with E-state index in [1.807, 2.05) is 12.1 Å². The zero-order valence-corrected chi connectivity index (χ0v) is 6.15. The quantitative estimate of drug-likeness (QED) is 0.506. The third-order valence-corrected chi connectivity index (χ3v) is 1.97. The summed E-state index contributed by atoms with van der Waals surface area (Å²) in [6, 6.07) is 3.87. The van der Waals surface area contributed by atoms with E-state index in [1.165, 1.54) is 0 Å². The van der Waals surface area contributed by atoms with Crippen LogP contribution in [0.15, 0.2) is 39.8 Å². The summed E-state index contributed by atoms with van der Waals surface area (Å²) in [7, 11) is 0. The van der Waals surface area contributed by atoms with Crippen molar-refractivity contribution in [2.24, 2.45) is 0 Å². The molecule has 3 rings (SSSR count). The van der Waals surface area contributed by atoms with Crippen LogP contribution in [-0.4, -0.2) is 5.16 Å². The molecule has 0 saturated carbocycles. The minimum atomic E-state index is 0.834. The second-order valence-corrected chi connectivity index (χ2v) is 2.68. The van der Waals surface area contributed by atoms with Crippen LogP contribution in [0.2, 0.25) is 0 Å². The topological polar surface area (TPSA) is 39.2 Å². The minimum absolute atomic E-state index is 0.834. The van der Waals surface area contributed by atoms with Gasteiger partial charge in [-0.1, -0.05) is 5.16 Å². The highest BCUT2D eigenvalue weighted by molar-refractivity contribution is 5.97. The molecule has 0 unspecified atom stereocenters. The number of hydrogen-bond donors (Lipinski definition) is 0. The van der Waals surface area contributed by atoms with Crippen LogP contribution in [0.25, 0.3) is 22.1 Å². The minimum Gasteiger partial charge on any atom is -0.472 e. The number of hydrogen-bond acceptors (Lipinski definition) is 3. The molecule has 1 aromatic rings. The first kappa shape index (κ1) is 5.83. The molecule has 0 bridgehead atoms. The first-order chi connectivity index (χ1) is 5.95. The summed E-state index contributed by atoms with van der Waals surface area (Å²) in [4.78, 5) is 0. The first-order valence-electron chi connectivity index (χ1n) is 3.64. The molecule has 0 atom stereocenters. The van der Waals surface area contributed by atoms with Crippen molar-refractivity contribution in [2.75, 3.05) is 0 Å². The number of aromatic nitrogens is 1. The Morgan fingerprint density at radius 1 is 1.33 bits per heavy atom. The molecular weight excluding hydrogens is 154 g/mol. The molecule has 0 aromatic carbocycles. The molecule has 2 aliphatic rings. The van der Waals surface area contributed by atoms with Gasteiger partial charge in [-0.2, -0.15) is 0 Å². The molecule has 58 valence electrons. The van der Waals surface area contributed by atoms with E-state index in [-0.39, 0.29) is 0 Å². The third-order valence-electron chi connectivity index (χ3n) is 1.97. The smallest absolute Gasteiger partial charge is 0.174 e. The van der Waals surface area contributed by atoms with Gasteiger partial charge in [0.25, 0.3) is 0 Å². The molecule has 0 N–H and O–H groups in total. The predicted octanol–water partition coefficient (Wildman–Crippen LogP) is 2.53. The Morgan fingerprint density at radius 2 is 2.33 bits per heavy atom. The van der Waals surface area contributed by atoms with E-state index in [1.54, 1.807) is 18.7 Å². The Hall–Kier alpha value is -1.77. The van der Waals surface area contributed by atoms with Gasteiger partial charge in [0.2, 0.25) is 0 Å². The van der Waals surface area contributed by atoms with Crippen LogP contribution in [0, 0.1) is 0 Å². The van der Waals surface area contributed by atoms with Gasteiger partial charge in [0, 0.05) is 16.5 Å². The van der Waals surface area contributed by atoms with Gasteiger partial charge in [0.1, 0.15) is 0 Å². The molecule has 3 heteroatoms. The lowest BCUT2D eigenvalue weighted by atomic mass is 10.2. The SMILES string of the molecule is c1cc2c3oncc3cc-2co1. The van der Waals surface area contributed by atoms with Crippen molar-refractivity contribution >= 4 is 11.0 Å². The van der Waals surface area contributed by atoms with E-state index in [4.69, 9.17) is 8.94 Å². The van der Waals surface area contributed by atoms with Gasteiger partial charge < -0.3 is 8.94 Å². The molecule has 0 saturated heterocycles. The van der Waals surface area contributed by atoms with Crippen molar-refractivity contribution in [3.05, 3.63) is 30.9 Å². The van der Waals surface area contributed by atoms with Gasteiger partial charge in [-0.05, 0) is 12.1 Å². The maximum Gasteiger partial charge on any atom is 0.174 e. The highest BCUT2D eigenvalue weighted by Crippen LogP contribution is 2.33. The Morgan fingerprint density at radius 3 is 3.33 bits per heavy atom. The second kappa shape index (κ2) is 1.88. The van der Waals surface area contributed by atoms with Crippen LogP contribution < -0.4 is 0 Å². The molecule has 1 aromatic heterocycles. The third kappa shape index (κ3) is 0.580. The predicted molar refractivity (Wildman–Crippen MR) is 42.9 cm³/mol. The van der Waals surface area contributed by atoms with E-state index >= 15 is 0 Å². The lowest BCUT2D eigenvalue weighted by Gasteiger charge is -1.92. The highest BCUT2D eigenvalue weighted by atomic mass is 16.5. The fourth-order valence-corrected chi connectivity index (χ4v) is 1.42. The molecule has 0 amide bonds. The van der Waals surface area contributed by atoms with E-state index in [9.17, 15) is 0 Å². The Bertz CT molecular complexity index is 494. The summed E-state index contributed by atoms with van der Waals surface area (Å²) >= 11 is 0. The second-order valence-electron chi connectivity index (χ2n) is 2.68. The van der Waals surface area contributed by atoms with Crippen molar-refractivity contribution in [3.63, 3.8) is 0 Å². The Balaban J connectivity index is 2.60. The summed E-state index contributed by atoms with van der Waals surface area (Å²) in [6.45, 7) is 0. The molecule has 0 spiro atoms. The first-order valence-corrected chi connectivity index (χ1v) is 3.64. The van der Waals surface area contributed by atoms with Crippen molar-refractivity contribution in [3.8, 4) is 11.1 Å². The maximum atomic E-state index is 5.08. The van der Waals surface area contributed by atoms with E-state index in [0.29, 0.717) is 0 Å². The Kier molecular flexibility index (Phi) is 0.913. The number of rotatable bonds is 0. The molecule has 0 radical (unpaired) electrons. The van der Waals surface area contributed by atoms with Crippen LogP contribution in [0.3, 0.4) is 0 Å². The normalized spacial score (nSPS) is 11.3. The molecule has 12 heavy (non-hydrogen) atoms. The summed E-state index contributed by atoms with van der Waals surface area (Å²) in [5.74, 6) is 0. The van der Waals surface area contributed by atoms with Gasteiger partial charge in [0.05, 0.1) is 18.7 Å². The van der Waals surface area contributed by atoms with Gasteiger partial charge in [-0.3, -0.25) is 0 Å². The van der Waals surface area contributed by atoms with Crippen molar-refractivity contribution in [2.45, 2.75) is 0 Å². The Labute approximate surface area is 67.9 Å². The molecule has 1 aliphatic carbocycles. The van der Waals surface area contributed by atoms with Crippen molar-refractivity contribution < 1.29 is 8.94 Å². The lowest BCUT2D eigenvalue weighted by Crippen LogP contribution is -1.69. The maximum absolute atomic E-state index is 5.08. The lowest BCUT2D eigenvalue weighted by molar-refractivity contribution is 0.457. The van der Waals surface area contributed by atoms with Gasteiger partial charge >= 0.3 is 0 Å². The van der Waals surface area contributed by atoms with Crippen LogP contribution >= 0.6 is 0 Å². The molecule has 3 nitrogen and oxygen atoms in total. The van der Waals surface area contributed by atoms with Gasteiger partial charge in [-0.15, -0.1) is 0 Å². The van der Waals surface area contributed by atoms with E-state index < -0.39 is 0 Å². The average Bonchev–Trinajstić information content (AvgIpc) is 2.62. The van der Waals surface area contributed by atoms with Crippen molar-refractivity contribution in [1.29, 1.82) is 0 Å². The number of nitrogens with zero attached hydrogens (tertiary/aromatic N) is 1. The summed E-state index contributed by atoms with van der Waals surface area (Å²) < 4.78 is 10.1. The monoisotopic (exact) mass is 159 g/mol. The van der Waals surface area contributed by atoms with Gasteiger partial charge in [0.15, 0.2) is 5.58 Å². The molecule has 1 aliphatic heterocycles. The summed E-state index contributed by atoms with van der Waals surface area (Å²) in [5, 5.41) is 4.73. The fraction of sp³-hybridized carbons (Fsp3) is 0. The standard InChI is InChI=1S/C9H5NO2/c1-2-11-5-7-3-6-4-10-12-9(6)8(1)7/h1-5H. The summed E-state index contributed by atoms with van der Waals surface area (Å²) in [5.41, 5.74) is 2.93. The van der Waals surface area contributed by atoms with Crippen molar-refractivity contribution in [1.82, 2.24) is 5.16 Å².